The van der Waals surface area contributed by atoms with Crippen molar-refractivity contribution in [3.05, 3.63) is 24.3 Å². The molecule has 10 heteroatoms. The van der Waals surface area contributed by atoms with Gasteiger partial charge in [0.1, 0.15) is 0 Å². The summed E-state index contributed by atoms with van der Waals surface area (Å²) in [5.74, 6) is -1.88. The van der Waals surface area contributed by atoms with Gasteiger partial charge < -0.3 is 9.90 Å². The number of carboxylic acids is 1. The van der Waals surface area contributed by atoms with Crippen LogP contribution < -0.4 is 45.1 Å². The summed E-state index contributed by atoms with van der Waals surface area (Å²) in [5, 5.41) is 11.6. The van der Waals surface area contributed by atoms with Gasteiger partial charge in [0.2, 0.25) is 5.91 Å². The van der Waals surface area contributed by atoms with Crippen molar-refractivity contribution in [1.29, 1.82) is 0 Å². The van der Waals surface area contributed by atoms with E-state index in [1.54, 1.807) is 0 Å². The molecular weight excluding hydrogens is 299 g/mol. The fraction of sp³-hybridized carbons (Fsp3) is 0.200. The van der Waals surface area contributed by atoms with Crippen LogP contribution in [0.15, 0.2) is 29.2 Å². The minimum absolute atomic E-state index is 0. The molecule has 1 aliphatic heterocycles. The second-order valence-electron chi connectivity index (χ2n) is 3.90. The first-order valence-electron chi connectivity index (χ1n) is 5.16. The van der Waals surface area contributed by atoms with Crippen molar-refractivity contribution in [3.8, 4) is 0 Å². The second kappa shape index (κ2) is 6.20. The zero-order valence-corrected chi connectivity index (χ0v) is 13.3. The van der Waals surface area contributed by atoms with Crippen LogP contribution in [0.3, 0.4) is 0 Å². The standard InChI is InChI=1S/C10H10N2O6S.Na/c13-9-5-8(10(14)15)11-12(9)6-1-3-7(4-2-6)19(16,17)18;/h1-4,8,11H,5H2,(H,14,15)(H,16,17,18);/q;+1/p-1. The van der Waals surface area contributed by atoms with Gasteiger partial charge in [0.25, 0.3) is 10.1 Å². The molecule has 1 saturated heterocycles. The second-order valence-corrected chi connectivity index (χ2v) is 5.32. The minimum Gasteiger partial charge on any atom is -0.548 e. The van der Waals surface area contributed by atoms with Crippen molar-refractivity contribution >= 4 is 27.7 Å². The number of nitrogens with one attached hydrogen (secondary N) is 1. The molecular formula is C10H9N2NaO6S. The zero-order chi connectivity index (χ0) is 14.2. The number of rotatable bonds is 3. The van der Waals surface area contributed by atoms with Crippen LogP contribution in [-0.4, -0.2) is 30.9 Å². The minimum atomic E-state index is -4.31. The predicted octanol–water partition coefficient (Wildman–Crippen LogP) is -4.70. The van der Waals surface area contributed by atoms with Crippen molar-refractivity contribution in [2.24, 2.45) is 0 Å². The van der Waals surface area contributed by atoms with Gasteiger partial charge in [-0.1, -0.05) is 0 Å². The van der Waals surface area contributed by atoms with Gasteiger partial charge in [0.15, 0.2) is 0 Å². The molecule has 1 heterocycles. The normalized spacial score (nSPS) is 18.8. The fourth-order valence-electron chi connectivity index (χ4n) is 1.66. The van der Waals surface area contributed by atoms with E-state index in [-0.39, 0.29) is 46.6 Å². The van der Waals surface area contributed by atoms with Crippen LogP contribution in [-0.2, 0) is 19.7 Å². The largest absolute Gasteiger partial charge is 1.00 e. The van der Waals surface area contributed by atoms with Gasteiger partial charge in [-0.15, -0.1) is 0 Å². The average molecular weight is 308 g/mol. The summed E-state index contributed by atoms with van der Waals surface area (Å²) in [6.07, 6.45) is -0.248. The Balaban J connectivity index is 0.00000200. The van der Waals surface area contributed by atoms with Crippen molar-refractivity contribution < 1.29 is 57.2 Å². The average Bonchev–Trinajstić information content (AvgIpc) is 2.70. The van der Waals surface area contributed by atoms with Crippen molar-refractivity contribution in [3.63, 3.8) is 0 Å². The molecule has 102 valence electrons. The molecule has 0 radical (unpaired) electrons. The molecule has 0 aliphatic carbocycles. The quantitative estimate of drug-likeness (QED) is 0.424. The molecule has 20 heavy (non-hydrogen) atoms. The van der Waals surface area contributed by atoms with Crippen molar-refractivity contribution in [1.82, 2.24) is 5.43 Å². The Labute approximate surface area is 136 Å². The van der Waals surface area contributed by atoms with E-state index in [9.17, 15) is 23.1 Å². The SMILES string of the molecule is O=C([O-])C1CC(=O)N(c2ccc(S(=O)(=O)O)cc2)N1.[Na+]. The number of anilines is 1. The van der Waals surface area contributed by atoms with E-state index in [1.807, 2.05) is 0 Å². The van der Waals surface area contributed by atoms with E-state index in [0.29, 0.717) is 0 Å². The van der Waals surface area contributed by atoms with Gasteiger partial charge in [-0.2, -0.15) is 8.42 Å². The van der Waals surface area contributed by atoms with Gasteiger partial charge >= 0.3 is 29.6 Å². The van der Waals surface area contributed by atoms with Crippen LogP contribution in [0, 0.1) is 0 Å². The number of benzene rings is 1. The van der Waals surface area contributed by atoms with E-state index in [4.69, 9.17) is 4.55 Å². The summed E-state index contributed by atoms with van der Waals surface area (Å²) < 4.78 is 30.5. The molecule has 1 aromatic rings. The van der Waals surface area contributed by atoms with E-state index in [1.165, 1.54) is 12.1 Å². The zero-order valence-electron chi connectivity index (χ0n) is 10.4. The van der Waals surface area contributed by atoms with E-state index in [0.717, 1.165) is 17.1 Å². The van der Waals surface area contributed by atoms with Crippen LogP contribution >= 0.6 is 0 Å². The molecule has 0 bridgehead atoms. The number of hydrogen-bond acceptors (Lipinski definition) is 6. The fourth-order valence-corrected chi connectivity index (χ4v) is 2.14. The Morgan fingerprint density at radius 1 is 1.35 bits per heavy atom. The molecule has 1 aromatic carbocycles. The number of hydrazine groups is 1. The first kappa shape index (κ1) is 17.1. The predicted molar refractivity (Wildman–Crippen MR) is 60.3 cm³/mol. The monoisotopic (exact) mass is 308 g/mol. The molecule has 1 unspecified atom stereocenters. The summed E-state index contributed by atoms with van der Waals surface area (Å²) >= 11 is 0. The Bertz CT molecular complexity index is 630. The summed E-state index contributed by atoms with van der Waals surface area (Å²) in [6, 6.07) is 3.63. The van der Waals surface area contributed by atoms with E-state index >= 15 is 0 Å². The van der Waals surface area contributed by atoms with Crippen LogP contribution in [0.25, 0.3) is 0 Å². The summed E-state index contributed by atoms with van der Waals surface area (Å²) in [4.78, 5) is 21.9. The van der Waals surface area contributed by atoms with Crippen LogP contribution in [0.4, 0.5) is 5.69 Å². The topological polar surface area (TPSA) is 127 Å². The van der Waals surface area contributed by atoms with Crippen LogP contribution in [0.2, 0.25) is 0 Å². The third-order valence-electron chi connectivity index (χ3n) is 2.59. The third-order valence-corrected chi connectivity index (χ3v) is 3.46. The summed E-state index contributed by atoms with van der Waals surface area (Å²) in [7, 11) is -4.31. The van der Waals surface area contributed by atoms with Crippen LogP contribution in [0.1, 0.15) is 6.42 Å². The summed E-state index contributed by atoms with van der Waals surface area (Å²) in [6.45, 7) is 0. The third kappa shape index (κ3) is 3.57. The molecule has 0 spiro atoms. The molecule has 8 nitrogen and oxygen atoms in total. The van der Waals surface area contributed by atoms with E-state index < -0.39 is 28.0 Å². The van der Waals surface area contributed by atoms with Gasteiger partial charge in [-0.05, 0) is 24.3 Å². The number of aliphatic carboxylic acids is 1. The first-order valence-corrected chi connectivity index (χ1v) is 6.60. The number of hydrogen-bond donors (Lipinski definition) is 2. The van der Waals surface area contributed by atoms with E-state index in [2.05, 4.69) is 5.43 Å². The molecule has 1 atom stereocenters. The smallest absolute Gasteiger partial charge is 0.548 e. The number of carbonyl (C=O) groups is 2. The molecule has 1 amide bonds. The van der Waals surface area contributed by atoms with Gasteiger partial charge in [0.05, 0.1) is 29.0 Å². The molecule has 1 aliphatic rings. The van der Waals surface area contributed by atoms with Gasteiger partial charge in [0, 0.05) is 0 Å². The number of carbonyl (C=O) groups excluding carboxylic acids is 2. The Morgan fingerprint density at radius 3 is 2.30 bits per heavy atom. The van der Waals surface area contributed by atoms with Crippen molar-refractivity contribution in [2.75, 3.05) is 5.01 Å². The van der Waals surface area contributed by atoms with Crippen molar-refractivity contribution in [2.45, 2.75) is 17.4 Å². The maximum absolute atomic E-state index is 11.6. The maximum Gasteiger partial charge on any atom is 1.00 e. The van der Waals surface area contributed by atoms with Crippen LogP contribution in [0.5, 0.6) is 0 Å². The Kier molecular flexibility index (Phi) is 5.30. The number of amides is 1. The molecule has 2 rings (SSSR count). The molecule has 1 fully saturated rings. The van der Waals surface area contributed by atoms with Gasteiger partial charge in [-0.25, -0.2) is 10.4 Å². The number of carboxylic acid groups (broad SMARTS) is 1. The molecule has 0 saturated carbocycles. The first-order chi connectivity index (χ1) is 8.79. The maximum atomic E-state index is 11.6. The molecule has 2 N–H and O–H groups in total. The summed E-state index contributed by atoms with van der Waals surface area (Å²) in [5.41, 5.74) is 2.69. The Hall–Kier alpha value is -0.970. The molecule has 0 aromatic heterocycles. The van der Waals surface area contributed by atoms with Gasteiger partial charge in [-0.3, -0.25) is 9.35 Å². The Morgan fingerprint density at radius 2 is 1.90 bits per heavy atom. The number of nitrogens with zero attached hydrogens (tertiary/aromatic N) is 1.